The molecule has 0 bridgehead atoms. The second-order valence-electron chi connectivity index (χ2n) is 4.65. The largest absolute Gasteiger partial charge is 0.306 e. The standard InChI is InChI=1S/C14H17BrFN3/c1-9(13-8-18-19(3)10(13)2)17-7-11-6-12(16)4-5-14(11)15/h4-6,8-9,17H,7H2,1-3H3. The maximum Gasteiger partial charge on any atom is 0.123 e. The van der Waals surface area contributed by atoms with Crippen molar-refractivity contribution in [2.45, 2.75) is 26.4 Å². The van der Waals surface area contributed by atoms with Gasteiger partial charge in [-0.25, -0.2) is 4.39 Å². The molecule has 1 unspecified atom stereocenters. The molecule has 1 aromatic carbocycles. The van der Waals surface area contributed by atoms with Crippen molar-refractivity contribution in [1.82, 2.24) is 15.1 Å². The van der Waals surface area contributed by atoms with Gasteiger partial charge in [-0.1, -0.05) is 15.9 Å². The van der Waals surface area contributed by atoms with E-state index < -0.39 is 0 Å². The highest BCUT2D eigenvalue weighted by molar-refractivity contribution is 9.10. The average molecular weight is 326 g/mol. The van der Waals surface area contributed by atoms with Crippen molar-refractivity contribution >= 4 is 15.9 Å². The normalized spacial score (nSPS) is 12.7. The molecule has 0 saturated carbocycles. The van der Waals surface area contributed by atoms with Crippen LogP contribution in [0, 0.1) is 12.7 Å². The van der Waals surface area contributed by atoms with E-state index in [1.165, 1.54) is 6.07 Å². The van der Waals surface area contributed by atoms with Gasteiger partial charge in [0.05, 0.1) is 6.20 Å². The third-order valence-electron chi connectivity index (χ3n) is 3.35. The number of nitrogens with one attached hydrogen (secondary N) is 1. The number of aryl methyl sites for hydroxylation is 1. The number of benzene rings is 1. The van der Waals surface area contributed by atoms with Gasteiger partial charge in [-0.15, -0.1) is 0 Å². The third kappa shape index (κ3) is 3.22. The Bertz CT molecular complexity index is 580. The Labute approximate surface area is 121 Å². The van der Waals surface area contributed by atoms with Crippen LogP contribution in [0.5, 0.6) is 0 Å². The van der Waals surface area contributed by atoms with Crippen LogP contribution in [0.25, 0.3) is 0 Å². The number of rotatable bonds is 4. The number of hydrogen-bond donors (Lipinski definition) is 1. The topological polar surface area (TPSA) is 29.9 Å². The van der Waals surface area contributed by atoms with Crippen LogP contribution in [0.15, 0.2) is 28.9 Å². The quantitative estimate of drug-likeness (QED) is 0.932. The summed E-state index contributed by atoms with van der Waals surface area (Å²) in [4.78, 5) is 0. The minimum Gasteiger partial charge on any atom is -0.306 e. The first-order valence-electron chi connectivity index (χ1n) is 6.15. The van der Waals surface area contributed by atoms with Crippen LogP contribution in [0.1, 0.15) is 29.8 Å². The molecule has 0 aliphatic heterocycles. The molecule has 0 saturated heterocycles. The molecule has 0 radical (unpaired) electrons. The smallest absolute Gasteiger partial charge is 0.123 e. The van der Waals surface area contributed by atoms with Crippen LogP contribution in [-0.2, 0) is 13.6 Å². The molecule has 3 nitrogen and oxygen atoms in total. The van der Waals surface area contributed by atoms with E-state index in [9.17, 15) is 4.39 Å². The zero-order valence-corrected chi connectivity index (χ0v) is 12.8. The predicted molar refractivity (Wildman–Crippen MR) is 77.3 cm³/mol. The Morgan fingerprint density at radius 1 is 1.47 bits per heavy atom. The molecule has 2 aromatic rings. The van der Waals surface area contributed by atoms with Gasteiger partial charge in [-0.3, -0.25) is 4.68 Å². The Balaban J connectivity index is 2.06. The molecule has 0 aliphatic carbocycles. The van der Waals surface area contributed by atoms with Crippen molar-refractivity contribution < 1.29 is 4.39 Å². The molecule has 0 spiro atoms. The summed E-state index contributed by atoms with van der Waals surface area (Å²) in [6.07, 6.45) is 1.87. The van der Waals surface area contributed by atoms with E-state index in [0.717, 1.165) is 21.3 Å². The van der Waals surface area contributed by atoms with Gasteiger partial charge in [-0.05, 0) is 37.6 Å². The first kappa shape index (κ1) is 14.2. The zero-order valence-electron chi connectivity index (χ0n) is 11.2. The van der Waals surface area contributed by atoms with Crippen molar-refractivity contribution in [3.05, 3.63) is 51.5 Å². The summed E-state index contributed by atoms with van der Waals surface area (Å²) in [6.45, 7) is 4.73. The van der Waals surface area contributed by atoms with E-state index in [1.807, 2.05) is 24.9 Å². The summed E-state index contributed by atoms with van der Waals surface area (Å²) in [5, 5.41) is 7.62. The van der Waals surface area contributed by atoms with E-state index in [2.05, 4.69) is 33.3 Å². The lowest BCUT2D eigenvalue weighted by Crippen LogP contribution is -2.19. The highest BCUT2D eigenvalue weighted by Crippen LogP contribution is 2.20. The van der Waals surface area contributed by atoms with Crippen molar-refractivity contribution in [1.29, 1.82) is 0 Å². The summed E-state index contributed by atoms with van der Waals surface area (Å²) in [6, 6.07) is 4.89. The fourth-order valence-electron chi connectivity index (χ4n) is 1.99. The summed E-state index contributed by atoms with van der Waals surface area (Å²) in [5.74, 6) is -0.217. The van der Waals surface area contributed by atoms with Crippen molar-refractivity contribution in [3.63, 3.8) is 0 Å². The zero-order chi connectivity index (χ0) is 14.0. The summed E-state index contributed by atoms with van der Waals surface area (Å²) in [7, 11) is 1.93. The van der Waals surface area contributed by atoms with Gasteiger partial charge in [0.15, 0.2) is 0 Å². The van der Waals surface area contributed by atoms with Crippen molar-refractivity contribution in [2.75, 3.05) is 0 Å². The van der Waals surface area contributed by atoms with Gasteiger partial charge in [0.1, 0.15) is 5.82 Å². The molecule has 0 amide bonds. The molecule has 2 rings (SSSR count). The summed E-state index contributed by atoms with van der Waals surface area (Å²) in [5.41, 5.74) is 3.21. The second kappa shape index (κ2) is 5.84. The fourth-order valence-corrected chi connectivity index (χ4v) is 2.38. The van der Waals surface area contributed by atoms with Gasteiger partial charge < -0.3 is 5.32 Å². The Hall–Kier alpha value is -1.20. The molecule has 5 heteroatoms. The van der Waals surface area contributed by atoms with E-state index in [-0.39, 0.29) is 11.9 Å². The van der Waals surface area contributed by atoms with Crippen LogP contribution >= 0.6 is 15.9 Å². The highest BCUT2D eigenvalue weighted by atomic mass is 79.9. The first-order valence-corrected chi connectivity index (χ1v) is 6.94. The fraction of sp³-hybridized carbons (Fsp3) is 0.357. The molecule has 1 heterocycles. The van der Waals surface area contributed by atoms with Crippen molar-refractivity contribution in [2.24, 2.45) is 7.05 Å². The molecule has 1 atom stereocenters. The second-order valence-corrected chi connectivity index (χ2v) is 5.50. The lowest BCUT2D eigenvalue weighted by atomic mass is 10.1. The maximum atomic E-state index is 13.2. The Morgan fingerprint density at radius 2 is 2.21 bits per heavy atom. The molecular formula is C14H17BrFN3. The molecule has 19 heavy (non-hydrogen) atoms. The molecule has 1 aromatic heterocycles. The monoisotopic (exact) mass is 325 g/mol. The Kier molecular flexibility index (Phi) is 4.37. The SMILES string of the molecule is Cc1c(C(C)NCc2cc(F)ccc2Br)cnn1C. The van der Waals surface area contributed by atoms with Crippen LogP contribution in [0.4, 0.5) is 4.39 Å². The molecule has 0 aliphatic rings. The van der Waals surface area contributed by atoms with E-state index in [0.29, 0.717) is 6.54 Å². The van der Waals surface area contributed by atoms with E-state index in [4.69, 9.17) is 0 Å². The molecule has 102 valence electrons. The number of aromatic nitrogens is 2. The Morgan fingerprint density at radius 3 is 2.84 bits per heavy atom. The average Bonchev–Trinajstić information content (AvgIpc) is 2.71. The number of halogens is 2. The van der Waals surface area contributed by atoms with Crippen LogP contribution in [0.3, 0.4) is 0 Å². The van der Waals surface area contributed by atoms with Gasteiger partial charge in [0.2, 0.25) is 0 Å². The van der Waals surface area contributed by atoms with E-state index in [1.54, 1.807) is 12.1 Å². The molecular weight excluding hydrogens is 309 g/mol. The first-order chi connectivity index (χ1) is 8.99. The maximum absolute atomic E-state index is 13.2. The summed E-state index contributed by atoms with van der Waals surface area (Å²) < 4.78 is 16.0. The number of hydrogen-bond acceptors (Lipinski definition) is 2. The number of nitrogens with zero attached hydrogens (tertiary/aromatic N) is 2. The third-order valence-corrected chi connectivity index (χ3v) is 4.12. The van der Waals surface area contributed by atoms with Gasteiger partial charge in [0, 0.05) is 35.4 Å². The minimum absolute atomic E-state index is 0.170. The predicted octanol–water partition coefficient (Wildman–Crippen LogP) is 3.48. The molecule has 1 N–H and O–H groups in total. The minimum atomic E-state index is -0.217. The van der Waals surface area contributed by atoms with Gasteiger partial charge in [0.25, 0.3) is 0 Å². The highest BCUT2D eigenvalue weighted by Gasteiger charge is 2.12. The van der Waals surface area contributed by atoms with Gasteiger partial charge in [-0.2, -0.15) is 5.10 Å². The van der Waals surface area contributed by atoms with Crippen LogP contribution in [0.2, 0.25) is 0 Å². The van der Waals surface area contributed by atoms with Gasteiger partial charge >= 0.3 is 0 Å². The van der Waals surface area contributed by atoms with E-state index >= 15 is 0 Å². The van der Waals surface area contributed by atoms with Crippen LogP contribution < -0.4 is 5.32 Å². The molecule has 0 fully saturated rings. The summed E-state index contributed by atoms with van der Waals surface area (Å²) >= 11 is 3.43. The van der Waals surface area contributed by atoms with Crippen molar-refractivity contribution in [3.8, 4) is 0 Å². The lowest BCUT2D eigenvalue weighted by Gasteiger charge is -2.14. The lowest BCUT2D eigenvalue weighted by molar-refractivity contribution is 0.564. The van der Waals surface area contributed by atoms with Crippen LogP contribution in [-0.4, -0.2) is 9.78 Å².